The first-order valence-electron chi connectivity index (χ1n) is 7.35. The van der Waals surface area contributed by atoms with E-state index in [1.807, 2.05) is 37.3 Å². The van der Waals surface area contributed by atoms with E-state index in [0.29, 0.717) is 39.1 Å². The van der Waals surface area contributed by atoms with E-state index in [4.69, 9.17) is 4.74 Å². The fourth-order valence-electron chi connectivity index (χ4n) is 2.36. The van der Waals surface area contributed by atoms with Gasteiger partial charge in [-0.3, -0.25) is 9.59 Å². The van der Waals surface area contributed by atoms with Crippen LogP contribution in [0.5, 0.6) is 0 Å². The van der Waals surface area contributed by atoms with Gasteiger partial charge in [0.1, 0.15) is 0 Å². The molecule has 1 aliphatic heterocycles. The number of hydrogen-bond acceptors (Lipinski definition) is 3. The SMILES string of the molecule is CC1CN(C(=O)CCNC(=O)Cc2ccccc2)CCO1. The minimum absolute atomic E-state index is 0.0515. The van der Waals surface area contributed by atoms with Crippen LogP contribution in [0.2, 0.25) is 0 Å². The molecule has 2 rings (SSSR count). The highest BCUT2D eigenvalue weighted by Gasteiger charge is 2.20. The van der Waals surface area contributed by atoms with E-state index >= 15 is 0 Å². The van der Waals surface area contributed by atoms with Crippen molar-refractivity contribution in [2.45, 2.75) is 25.9 Å². The van der Waals surface area contributed by atoms with Crippen molar-refractivity contribution in [2.24, 2.45) is 0 Å². The average molecular weight is 290 g/mol. The van der Waals surface area contributed by atoms with Crippen LogP contribution in [0, 0.1) is 0 Å². The van der Waals surface area contributed by atoms with E-state index in [1.165, 1.54) is 0 Å². The van der Waals surface area contributed by atoms with Gasteiger partial charge in [0, 0.05) is 26.1 Å². The van der Waals surface area contributed by atoms with Gasteiger partial charge in [0.05, 0.1) is 19.1 Å². The molecule has 1 heterocycles. The number of ether oxygens (including phenoxy) is 1. The Labute approximate surface area is 125 Å². The molecule has 0 aromatic heterocycles. The number of rotatable bonds is 5. The molecule has 0 spiro atoms. The maximum atomic E-state index is 12.0. The first-order chi connectivity index (χ1) is 10.1. The Morgan fingerprint density at radius 3 is 2.81 bits per heavy atom. The third-order valence-electron chi connectivity index (χ3n) is 3.46. The van der Waals surface area contributed by atoms with Gasteiger partial charge in [-0.2, -0.15) is 0 Å². The minimum atomic E-state index is -0.0515. The van der Waals surface area contributed by atoms with Gasteiger partial charge in [0.2, 0.25) is 11.8 Å². The summed E-state index contributed by atoms with van der Waals surface area (Å²) in [5.41, 5.74) is 0.975. The van der Waals surface area contributed by atoms with Crippen molar-refractivity contribution < 1.29 is 14.3 Å². The zero-order chi connectivity index (χ0) is 15.1. The summed E-state index contributed by atoms with van der Waals surface area (Å²) >= 11 is 0. The number of amides is 2. The van der Waals surface area contributed by atoms with Crippen LogP contribution < -0.4 is 5.32 Å². The second-order valence-electron chi connectivity index (χ2n) is 5.28. The topological polar surface area (TPSA) is 58.6 Å². The molecule has 0 aliphatic carbocycles. The van der Waals surface area contributed by atoms with Crippen LogP contribution in [0.25, 0.3) is 0 Å². The molecule has 1 saturated heterocycles. The summed E-state index contributed by atoms with van der Waals surface area (Å²) in [4.78, 5) is 25.6. The molecule has 0 bridgehead atoms. The zero-order valence-corrected chi connectivity index (χ0v) is 12.4. The summed E-state index contributed by atoms with van der Waals surface area (Å²) in [5, 5.41) is 2.79. The number of carbonyl (C=O) groups is 2. The van der Waals surface area contributed by atoms with Crippen LogP contribution in [0.1, 0.15) is 18.9 Å². The Bertz CT molecular complexity index is 476. The molecular formula is C16H22N2O3. The van der Waals surface area contributed by atoms with Crippen LogP contribution in [0.3, 0.4) is 0 Å². The molecule has 21 heavy (non-hydrogen) atoms. The lowest BCUT2D eigenvalue weighted by Gasteiger charge is -2.31. The quantitative estimate of drug-likeness (QED) is 0.879. The van der Waals surface area contributed by atoms with Crippen molar-refractivity contribution >= 4 is 11.8 Å². The number of benzene rings is 1. The number of hydrogen-bond donors (Lipinski definition) is 1. The Morgan fingerprint density at radius 2 is 2.10 bits per heavy atom. The predicted molar refractivity (Wildman–Crippen MR) is 79.8 cm³/mol. The molecule has 5 heteroatoms. The largest absolute Gasteiger partial charge is 0.375 e. The molecule has 1 aromatic carbocycles. The fourth-order valence-corrected chi connectivity index (χ4v) is 2.36. The molecule has 0 radical (unpaired) electrons. The number of nitrogens with one attached hydrogen (secondary N) is 1. The maximum Gasteiger partial charge on any atom is 0.224 e. The van der Waals surface area contributed by atoms with E-state index in [2.05, 4.69) is 5.32 Å². The van der Waals surface area contributed by atoms with Crippen molar-refractivity contribution in [2.75, 3.05) is 26.2 Å². The molecule has 114 valence electrons. The number of morpholine rings is 1. The predicted octanol–water partition coefficient (Wildman–Crippen LogP) is 0.983. The third-order valence-corrected chi connectivity index (χ3v) is 3.46. The molecule has 1 fully saturated rings. The van der Waals surface area contributed by atoms with Crippen LogP contribution in [-0.4, -0.2) is 49.1 Å². The molecule has 1 N–H and O–H groups in total. The summed E-state index contributed by atoms with van der Waals surface area (Å²) < 4.78 is 5.40. The lowest BCUT2D eigenvalue weighted by Crippen LogP contribution is -2.45. The van der Waals surface area contributed by atoms with Gasteiger partial charge in [-0.05, 0) is 12.5 Å². The fraction of sp³-hybridized carbons (Fsp3) is 0.500. The highest BCUT2D eigenvalue weighted by Crippen LogP contribution is 2.05. The second kappa shape index (κ2) is 7.78. The first kappa shape index (κ1) is 15.5. The monoisotopic (exact) mass is 290 g/mol. The lowest BCUT2D eigenvalue weighted by molar-refractivity contribution is -0.138. The van der Waals surface area contributed by atoms with Crippen LogP contribution >= 0.6 is 0 Å². The van der Waals surface area contributed by atoms with Gasteiger partial charge in [-0.1, -0.05) is 30.3 Å². The maximum absolute atomic E-state index is 12.0. The smallest absolute Gasteiger partial charge is 0.224 e. The van der Waals surface area contributed by atoms with Crippen LogP contribution in [0.15, 0.2) is 30.3 Å². The molecule has 2 amide bonds. The molecule has 1 aliphatic rings. The summed E-state index contributed by atoms with van der Waals surface area (Å²) in [6.45, 7) is 4.21. The minimum Gasteiger partial charge on any atom is -0.375 e. The van der Waals surface area contributed by atoms with Gasteiger partial charge >= 0.3 is 0 Å². The van der Waals surface area contributed by atoms with Crippen molar-refractivity contribution in [1.82, 2.24) is 10.2 Å². The van der Waals surface area contributed by atoms with Crippen LogP contribution in [-0.2, 0) is 20.7 Å². The van der Waals surface area contributed by atoms with Gasteiger partial charge in [0.25, 0.3) is 0 Å². The van der Waals surface area contributed by atoms with Crippen molar-refractivity contribution in [3.05, 3.63) is 35.9 Å². The molecule has 0 saturated carbocycles. The number of nitrogens with zero attached hydrogens (tertiary/aromatic N) is 1. The Morgan fingerprint density at radius 1 is 1.33 bits per heavy atom. The van der Waals surface area contributed by atoms with Gasteiger partial charge in [0.15, 0.2) is 0 Å². The van der Waals surface area contributed by atoms with Gasteiger partial charge in [-0.25, -0.2) is 0 Å². The molecule has 5 nitrogen and oxygen atoms in total. The number of carbonyl (C=O) groups excluding carboxylic acids is 2. The third kappa shape index (κ3) is 5.19. The van der Waals surface area contributed by atoms with Crippen molar-refractivity contribution in [1.29, 1.82) is 0 Å². The van der Waals surface area contributed by atoms with Gasteiger partial charge in [-0.15, -0.1) is 0 Å². The highest BCUT2D eigenvalue weighted by molar-refractivity contribution is 5.80. The van der Waals surface area contributed by atoms with E-state index in [1.54, 1.807) is 4.90 Å². The second-order valence-corrected chi connectivity index (χ2v) is 5.28. The van der Waals surface area contributed by atoms with Crippen molar-refractivity contribution in [3.63, 3.8) is 0 Å². The van der Waals surface area contributed by atoms with Crippen molar-refractivity contribution in [3.8, 4) is 0 Å². The Balaban J connectivity index is 1.66. The normalized spacial score (nSPS) is 18.3. The van der Waals surface area contributed by atoms with E-state index in [0.717, 1.165) is 5.56 Å². The lowest BCUT2D eigenvalue weighted by atomic mass is 10.1. The van der Waals surface area contributed by atoms with Gasteiger partial charge < -0.3 is 15.0 Å². The highest BCUT2D eigenvalue weighted by atomic mass is 16.5. The molecule has 1 unspecified atom stereocenters. The molecule has 1 atom stereocenters. The zero-order valence-electron chi connectivity index (χ0n) is 12.4. The summed E-state index contributed by atoms with van der Waals surface area (Å²) in [7, 11) is 0. The summed E-state index contributed by atoms with van der Waals surface area (Å²) in [5.74, 6) is 0.0227. The van der Waals surface area contributed by atoms with Crippen LogP contribution in [0.4, 0.5) is 0 Å². The average Bonchev–Trinajstić information content (AvgIpc) is 2.48. The molecular weight excluding hydrogens is 268 g/mol. The Kier molecular flexibility index (Phi) is 5.75. The first-order valence-corrected chi connectivity index (χ1v) is 7.35. The Hall–Kier alpha value is -1.88. The summed E-state index contributed by atoms with van der Waals surface area (Å²) in [6, 6.07) is 9.57. The van der Waals surface area contributed by atoms with E-state index in [9.17, 15) is 9.59 Å². The van der Waals surface area contributed by atoms with E-state index < -0.39 is 0 Å². The van der Waals surface area contributed by atoms with E-state index in [-0.39, 0.29) is 17.9 Å². The summed E-state index contributed by atoms with van der Waals surface area (Å²) in [6.07, 6.45) is 0.784. The standard InChI is InChI=1S/C16H22N2O3/c1-13-12-18(9-10-21-13)16(20)7-8-17-15(19)11-14-5-3-2-4-6-14/h2-6,13H,7-12H2,1H3,(H,17,19). The molecule has 1 aromatic rings.